The molecule has 2 N–H and O–H groups in total. The van der Waals surface area contributed by atoms with Crippen molar-refractivity contribution in [3.05, 3.63) is 33.1 Å². The Kier molecular flexibility index (Phi) is 4.07. The van der Waals surface area contributed by atoms with Crippen LogP contribution in [0.25, 0.3) is 0 Å². The summed E-state index contributed by atoms with van der Waals surface area (Å²) in [6, 6.07) is 0.850. The summed E-state index contributed by atoms with van der Waals surface area (Å²) >= 11 is 0. The number of aromatic nitrogens is 2. The fourth-order valence-corrected chi connectivity index (χ4v) is 3.72. The van der Waals surface area contributed by atoms with Gasteiger partial charge in [0.2, 0.25) is 5.91 Å². The predicted molar refractivity (Wildman–Crippen MR) is 71.1 cm³/mol. The van der Waals surface area contributed by atoms with Crippen molar-refractivity contribution in [2.24, 2.45) is 0 Å². The molecule has 1 fully saturated rings. The molecule has 0 spiro atoms. The lowest BCUT2D eigenvalue weighted by molar-refractivity contribution is -0.121. The molecule has 1 aliphatic rings. The van der Waals surface area contributed by atoms with E-state index in [4.69, 9.17) is 0 Å². The van der Waals surface area contributed by atoms with Gasteiger partial charge < -0.3 is 9.88 Å². The standard InChI is InChI=1S/C11H15N3O5S/c15-9(12-8-3-6-20(18,19)7-8)1-4-14-5-2-10(16)13-11(14)17/h2,5,8H,1,3-4,6-7H2,(H,12,15)(H,13,16,17). The highest BCUT2D eigenvalue weighted by molar-refractivity contribution is 7.91. The van der Waals surface area contributed by atoms with Crippen LogP contribution >= 0.6 is 0 Å². The lowest BCUT2D eigenvalue weighted by atomic mass is 10.2. The molecule has 2 heterocycles. The van der Waals surface area contributed by atoms with Crippen LogP contribution in [0.15, 0.2) is 21.9 Å². The first kappa shape index (κ1) is 14.5. The second-order valence-corrected chi connectivity index (χ2v) is 6.95. The number of rotatable bonds is 4. The Labute approximate surface area is 114 Å². The molecule has 1 aromatic rings. The lowest BCUT2D eigenvalue weighted by Crippen LogP contribution is -2.37. The minimum absolute atomic E-state index is 0.0304. The molecule has 1 amide bonds. The molecule has 1 unspecified atom stereocenters. The monoisotopic (exact) mass is 301 g/mol. The van der Waals surface area contributed by atoms with Crippen LogP contribution in [0.4, 0.5) is 0 Å². The number of amides is 1. The van der Waals surface area contributed by atoms with Gasteiger partial charge in [-0.25, -0.2) is 13.2 Å². The number of aryl methyl sites for hydroxylation is 1. The van der Waals surface area contributed by atoms with Gasteiger partial charge >= 0.3 is 5.69 Å². The van der Waals surface area contributed by atoms with Gasteiger partial charge in [0.05, 0.1) is 11.5 Å². The second-order valence-electron chi connectivity index (χ2n) is 4.72. The largest absolute Gasteiger partial charge is 0.352 e. The number of hydrogen-bond donors (Lipinski definition) is 2. The molecule has 0 saturated carbocycles. The van der Waals surface area contributed by atoms with Gasteiger partial charge in [0.1, 0.15) is 0 Å². The average Bonchev–Trinajstić information content (AvgIpc) is 2.67. The molecule has 20 heavy (non-hydrogen) atoms. The molecular formula is C11H15N3O5S. The van der Waals surface area contributed by atoms with Gasteiger partial charge in [0, 0.05) is 31.3 Å². The maximum absolute atomic E-state index is 11.7. The maximum atomic E-state index is 11.7. The first-order valence-corrected chi connectivity index (χ1v) is 7.97. The molecule has 0 radical (unpaired) electrons. The summed E-state index contributed by atoms with van der Waals surface area (Å²) in [6.07, 6.45) is 1.78. The quantitative estimate of drug-likeness (QED) is 0.682. The van der Waals surface area contributed by atoms with E-state index >= 15 is 0 Å². The summed E-state index contributed by atoms with van der Waals surface area (Å²) < 4.78 is 23.7. The van der Waals surface area contributed by atoms with Crippen LogP contribution < -0.4 is 16.6 Å². The molecule has 0 aromatic carbocycles. The van der Waals surface area contributed by atoms with Gasteiger partial charge in [-0.3, -0.25) is 14.6 Å². The van der Waals surface area contributed by atoms with E-state index in [-0.39, 0.29) is 36.4 Å². The highest BCUT2D eigenvalue weighted by atomic mass is 32.2. The summed E-state index contributed by atoms with van der Waals surface area (Å²) in [5.74, 6) is -0.250. The third-order valence-electron chi connectivity index (χ3n) is 3.07. The van der Waals surface area contributed by atoms with Crippen molar-refractivity contribution in [3.63, 3.8) is 0 Å². The van der Waals surface area contributed by atoms with E-state index in [0.29, 0.717) is 6.42 Å². The Morgan fingerprint density at radius 1 is 1.45 bits per heavy atom. The highest BCUT2D eigenvalue weighted by Crippen LogP contribution is 2.11. The number of nitrogens with zero attached hydrogens (tertiary/aromatic N) is 1. The highest BCUT2D eigenvalue weighted by Gasteiger charge is 2.28. The molecule has 8 nitrogen and oxygen atoms in total. The van der Waals surface area contributed by atoms with Crippen molar-refractivity contribution < 1.29 is 13.2 Å². The molecule has 1 aromatic heterocycles. The zero-order valence-electron chi connectivity index (χ0n) is 10.7. The number of nitrogens with one attached hydrogen (secondary N) is 2. The summed E-state index contributed by atoms with van der Waals surface area (Å²) in [6.45, 7) is 0.126. The molecular weight excluding hydrogens is 286 g/mol. The SMILES string of the molecule is O=C(CCn1ccc(=O)[nH]c1=O)NC1CCS(=O)(=O)C1. The summed E-state index contributed by atoms with van der Waals surface area (Å²) in [4.78, 5) is 36.0. The van der Waals surface area contributed by atoms with E-state index in [1.807, 2.05) is 0 Å². The predicted octanol–water partition coefficient (Wildman–Crippen LogP) is -1.77. The first-order chi connectivity index (χ1) is 9.35. The number of sulfone groups is 1. The van der Waals surface area contributed by atoms with Crippen LogP contribution in [0.5, 0.6) is 0 Å². The Balaban J connectivity index is 1.87. The van der Waals surface area contributed by atoms with Gasteiger partial charge in [-0.05, 0) is 6.42 Å². The van der Waals surface area contributed by atoms with Crippen LogP contribution in [0, 0.1) is 0 Å². The van der Waals surface area contributed by atoms with E-state index < -0.39 is 21.1 Å². The number of H-pyrrole nitrogens is 1. The molecule has 1 atom stereocenters. The van der Waals surface area contributed by atoms with E-state index in [1.165, 1.54) is 16.8 Å². The average molecular weight is 301 g/mol. The van der Waals surface area contributed by atoms with Crippen LogP contribution in [0.2, 0.25) is 0 Å². The van der Waals surface area contributed by atoms with Crippen LogP contribution in [0.1, 0.15) is 12.8 Å². The van der Waals surface area contributed by atoms with Crippen LogP contribution in [-0.4, -0.2) is 41.4 Å². The smallest absolute Gasteiger partial charge is 0.328 e. The topological polar surface area (TPSA) is 118 Å². The third-order valence-corrected chi connectivity index (χ3v) is 4.84. The maximum Gasteiger partial charge on any atom is 0.328 e. The van der Waals surface area contributed by atoms with Gasteiger partial charge in [-0.2, -0.15) is 0 Å². The Morgan fingerprint density at radius 3 is 2.80 bits per heavy atom. The van der Waals surface area contributed by atoms with E-state index in [0.717, 1.165) is 0 Å². The molecule has 110 valence electrons. The Hall–Kier alpha value is -1.90. The third kappa shape index (κ3) is 3.80. The van der Waals surface area contributed by atoms with Gasteiger partial charge in [-0.1, -0.05) is 0 Å². The minimum Gasteiger partial charge on any atom is -0.352 e. The van der Waals surface area contributed by atoms with Crippen molar-refractivity contribution in [1.29, 1.82) is 0 Å². The fourth-order valence-electron chi connectivity index (χ4n) is 2.05. The normalized spacial score (nSPS) is 20.7. The summed E-state index contributed by atoms with van der Waals surface area (Å²) in [5.41, 5.74) is -1.07. The van der Waals surface area contributed by atoms with Crippen molar-refractivity contribution in [2.75, 3.05) is 11.5 Å². The molecule has 1 saturated heterocycles. The Bertz CT molecular complexity index is 718. The molecule has 0 bridgehead atoms. The van der Waals surface area contributed by atoms with Crippen LogP contribution in [0.3, 0.4) is 0 Å². The first-order valence-electron chi connectivity index (χ1n) is 6.15. The lowest BCUT2D eigenvalue weighted by Gasteiger charge is -2.11. The molecule has 1 aliphatic heterocycles. The van der Waals surface area contributed by atoms with E-state index in [9.17, 15) is 22.8 Å². The van der Waals surface area contributed by atoms with Gasteiger partial charge in [0.15, 0.2) is 9.84 Å². The van der Waals surface area contributed by atoms with Crippen molar-refractivity contribution in [3.8, 4) is 0 Å². The van der Waals surface area contributed by atoms with E-state index in [1.54, 1.807) is 0 Å². The fraction of sp³-hybridized carbons (Fsp3) is 0.545. The number of carbonyl (C=O) groups excluding carboxylic acids is 1. The zero-order chi connectivity index (χ0) is 14.8. The number of aromatic amines is 1. The molecule has 2 rings (SSSR count). The summed E-state index contributed by atoms with van der Waals surface area (Å²) in [5, 5.41) is 2.63. The van der Waals surface area contributed by atoms with Crippen molar-refractivity contribution in [2.45, 2.75) is 25.4 Å². The van der Waals surface area contributed by atoms with Crippen molar-refractivity contribution in [1.82, 2.24) is 14.9 Å². The molecule has 9 heteroatoms. The minimum atomic E-state index is -3.03. The zero-order valence-corrected chi connectivity index (χ0v) is 11.5. The summed E-state index contributed by atoms with van der Waals surface area (Å²) in [7, 11) is -3.03. The number of carbonyl (C=O) groups is 1. The Morgan fingerprint density at radius 2 is 2.20 bits per heavy atom. The van der Waals surface area contributed by atoms with Crippen molar-refractivity contribution >= 4 is 15.7 Å². The number of hydrogen-bond acceptors (Lipinski definition) is 5. The van der Waals surface area contributed by atoms with Crippen LogP contribution in [-0.2, 0) is 21.2 Å². The van der Waals surface area contributed by atoms with Gasteiger partial charge in [0.25, 0.3) is 5.56 Å². The second kappa shape index (κ2) is 5.61. The van der Waals surface area contributed by atoms with E-state index in [2.05, 4.69) is 10.3 Å². The van der Waals surface area contributed by atoms with Gasteiger partial charge in [-0.15, -0.1) is 0 Å². The molecule has 0 aliphatic carbocycles.